The number of para-hydroxylation sites is 2. The molecule has 1 amide bonds. The van der Waals surface area contributed by atoms with Crippen LogP contribution in [0.5, 0.6) is 5.75 Å². The zero-order valence-corrected chi connectivity index (χ0v) is 20.8. The van der Waals surface area contributed by atoms with Gasteiger partial charge in [-0.2, -0.15) is 0 Å². The number of esters is 1. The molecule has 1 aliphatic heterocycles. The van der Waals surface area contributed by atoms with Crippen molar-refractivity contribution in [1.29, 1.82) is 0 Å². The second-order valence-corrected chi connectivity index (χ2v) is 9.77. The van der Waals surface area contributed by atoms with E-state index in [1.807, 2.05) is 45.0 Å². The Hall–Kier alpha value is -4.07. The van der Waals surface area contributed by atoms with E-state index in [0.29, 0.717) is 41.2 Å². The molecule has 8 nitrogen and oxygen atoms in total. The highest BCUT2D eigenvalue weighted by Gasteiger charge is 2.45. The zero-order chi connectivity index (χ0) is 26.0. The fourth-order valence-corrected chi connectivity index (χ4v) is 4.70. The maximum atomic E-state index is 13.3. The molecule has 0 spiro atoms. The highest BCUT2D eigenvalue weighted by molar-refractivity contribution is 6.03. The van der Waals surface area contributed by atoms with Crippen LogP contribution in [0.1, 0.15) is 43.7 Å². The van der Waals surface area contributed by atoms with E-state index in [1.165, 1.54) is 7.11 Å². The number of amides is 1. The molecule has 8 heteroatoms. The third kappa shape index (κ3) is 4.98. The maximum absolute atomic E-state index is 13.3. The van der Waals surface area contributed by atoms with Crippen LogP contribution in [0.3, 0.4) is 0 Å². The summed E-state index contributed by atoms with van der Waals surface area (Å²) in [4.78, 5) is 38.8. The fraction of sp³-hybridized carbons (Fsp3) is 0.321. The first-order chi connectivity index (χ1) is 17.1. The summed E-state index contributed by atoms with van der Waals surface area (Å²) >= 11 is 0. The molecule has 36 heavy (non-hydrogen) atoms. The number of allylic oxidation sites excluding steroid dienone is 2. The van der Waals surface area contributed by atoms with Gasteiger partial charge in [-0.25, -0.2) is 4.79 Å². The lowest BCUT2D eigenvalue weighted by Crippen LogP contribution is -2.35. The lowest BCUT2D eigenvalue weighted by molar-refractivity contribution is -0.136. The minimum absolute atomic E-state index is 0.0321. The summed E-state index contributed by atoms with van der Waals surface area (Å²) in [6.45, 7) is 5.59. The Labute approximate surface area is 210 Å². The molecule has 0 saturated carbocycles. The van der Waals surface area contributed by atoms with Crippen LogP contribution < -0.4 is 15.8 Å². The van der Waals surface area contributed by atoms with Gasteiger partial charge in [0.1, 0.15) is 17.1 Å². The first-order valence-corrected chi connectivity index (χ1v) is 11.7. The second-order valence-electron chi connectivity index (χ2n) is 9.77. The van der Waals surface area contributed by atoms with Crippen LogP contribution in [0.4, 0.5) is 5.69 Å². The average molecular weight is 491 g/mol. The molecule has 0 radical (unpaired) electrons. The minimum atomic E-state index is -0.847. The number of Topliss-reactive ketones (excluding diaryl/α,β-unsaturated/α-hetero) is 1. The number of hydrogen-bond donors (Lipinski definition) is 2. The Morgan fingerprint density at radius 3 is 2.53 bits per heavy atom. The molecule has 2 aliphatic rings. The van der Waals surface area contributed by atoms with E-state index in [4.69, 9.17) is 19.9 Å². The van der Waals surface area contributed by atoms with Crippen LogP contribution in [0.25, 0.3) is 0 Å². The normalized spacial score (nSPS) is 18.8. The average Bonchev–Trinajstić information content (AvgIpc) is 2.82. The summed E-state index contributed by atoms with van der Waals surface area (Å²) in [6, 6.07) is 14.4. The first-order valence-electron chi connectivity index (χ1n) is 11.7. The molecule has 1 heterocycles. The first kappa shape index (κ1) is 25.0. The highest BCUT2D eigenvalue weighted by Crippen LogP contribution is 2.49. The summed E-state index contributed by atoms with van der Waals surface area (Å²) in [5.74, 6) is -1.34. The van der Waals surface area contributed by atoms with Gasteiger partial charge in [0.05, 0.1) is 13.0 Å². The van der Waals surface area contributed by atoms with Gasteiger partial charge in [-0.1, -0.05) is 50.2 Å². The van der Waals surface area contributed by atoms with Crippen molar-refractivity contribution in [3.05, 3.63) is 82.4 Å². The molecule has 2 aromatic rings. The SMILES string of the molecule is COC(=O)C1=C(N)OC2=C(C(=O)CC(C)(C)C2)C1c1ccccc1OCC(=O)Nc1ccccc1C. The van der Waals surface area contributed by atoms with Crippen LogP contribution in [0.15, 0.2) is 71.3 Å². The Bertz CT molecular complexity index is 1290. The number of ketones is 1. The molecule has 0 fully saturated rings. The number of carbonyl (C=O) groups excluding carboxylic acids is 3. The van der Waals surface area contributed by atoms with Gasteiger partial charge in [-0.15, -0.1) is 0 Å². The maximum Gasteiger partial charge on any atom is 0.340 e. The third-order valence-corrected chi connectivity index (χ3v) is 6.37. The van der Waals surface area contributed by atoms with Crippen LogP contribution >= 0.6 is 0 Å². The number of nitrogens with one attached hydrogen (secondary N) is 1. The standard InChI is InChI=1S/C28H30N2O6/c1-16-9-5-7-11-18(16)30-22(32)15-35-20-12-8-6-10-17(20)23-24-19(31)13-28(2,3)14-21(24)36-26(29)25(23)27(33)34-4/h5-12,23H,13-15,29H2,1-4H3,(H,30,32). The van der Waals surface area contributed by atoms with Crippen LogP contribution in [-0.4, -0.2) is 31.4 Å². The van der Waals surface area contributed by atoms with Gasteiger partial charge in [-0.3, -0.25) is 9.59 Å². The van der Waals surface area contributed by atoms with E-state index in [1.54, 1.807) is 24.3 Å². The van der Waals surface area contributed by atoms with Gasteiger partial charge < -0.3 is 25.3 Å². The largest absolute Gasteiger partial charge is 0.483 e. The molecule has 0 bridgehead atoms. The molecular weight excluding hydrogens is 460 g/mol. The predicted octanol–water partition coefficient (Wildman–Crippen LogP) is 4.11. The molecule has 3 N–H and O–H groups in total. The van der Waals surface area contributed by atoms with E-state index >= 15 is 0 Å². The lowest BCUT2D eigenvalue weighted by Gasteiger charge is -2.38. The van der Waals surface area contributed by atoms with Crippen molar-refractivity contribution in [3.8, 4) is 5.75 Å². The lowest BCUT2D eigenvalue weighted by atomic mass is 9.70. The van der Waals surface area contributed by atoms with Gasteiger partial charge in [-0.05, 0) is 30.0 Å². The van der Waals surface area contributed by atoms with E-state index in [2.05, 4.69) is 5.32 Å². The molecule has 1 aliphatic carbocycles. The van der Waals surface area contributed by atoms with E-state index in [0.717, 1.165) is 5.56 Å². The van der Waals surface area contributed by atoms with Crippen molar-refractivity contribution in [2.75, 3.05) is 19.0 Å². The van der Waals surface area contributed by atoms with Crippen molar-refractivity contribution in [2.45, 2.75) is 39.5 Å². The summed E-state index contributed by atoms with van der Waals surface area (Å²) in [6.07, 6.45) is 0.781. The van der Waals surface area contributed by atoms with Crippen LogP contribution in [0.2, 0.25) is 0 Å². The van der Waals surface area contributed by atoms with Gasteiger partial charge in [0.25, 0.3) is 5.91 Å². The monoisotopic (exact) mass is 490 g/mol. The third-order valence-electron chi connectivity index (χ3n) is 6.37. The smallest absolute Gasteiger partial charge is 0.340 e. The second kappa shape index (κ2) is 9.89. The number of hydrogen-bond acceptors (Lipinski definition) is 7. The number of carbonyl (C=O) groups is 3. The van der Waals surface area contributed by atoms with Crippen LogP contribution in [-0.2, 0) is 23.9 Å². The number of methoxy groups -OCH3 is 1. The van der Waals surface area contributed by atoms with Gasteiger partial charge >= 0.3 is 5.97 Å². The quantitative estimate of drug-likeness (QED) is 0.585. The zero-order valence-electron chi connectivity index (χ0n) is 20.8. The molecule has 1 atom stereocenters. The molecule has 2 aromatic carbocycles. The number of anilines is 1. The predicted molar refractivity (Wildman–Crippen MR) is 134 cm³/mol. The number of benzene rings is 2. The van der Waals surface area contributed by atoms with Crippen LogP contribution in [0, 0.1) is 12.3 Å². The highest BCUT2D eigenvalue weighted by atomic mass is 16.5. The van der Waals surface area contributed by atoms with Crippen molar-refractivity contribution in [2.24, 2.45) is 11.1 Å². The van der Waals surface area contributed by atoms with Gasteiger partial charge in [0.15, 0.2) is 12.4 Å². The van der Waals surface area contributed by atoms with Crippen molar-refractivity contribution in [3.63, 3.8) is 0 Å². The van der Waals surface area contributed by atoms with Crippen molar-refractivity contribution < 1.29 is 28.6 Å². The number of nitrogens with two attached hydrogens (primary N) is 1. The fourth-order valence-electron chi connectivity index (χ4n) is 4.70. The van der Waals surface area contributed by atoms with Crippen molar-refractivity contribution >= 4 is 23.3 Å². The number of ether oxygens (including phenoxy) is 3. The Morgan fingerprint density at radius 1 is 1.11 bits per heavy atom. The summed E-state index contributed by atoms with van der Waals surface area (Å²) in [5.41, 5.74) is 8.43. The molecule has 0 aromatic heterocycles. The Balaban J connectivity index is 1.69. The molecule has 0 saturated heterocycles. The number of rotatable bonds is 6. The van der Waals surface area contributed by atoms with E-state index < -0.39 is 11.9 Å². The Kier molecular flexibility index (Phi) is 6.88. The topological polar surface area (TPSA) is 117 Å². The minimum Gasteiger partial charge on any atom is -0.483 e. The summed E-state index contributed by atoms with van der Waals surface area (Å²) in [7, 11) is 1.24. The van der Waals surface area contributed by atoms with E-state index in [-0.39, 0.29) is 35.2 Å². The molecule has 4 rings (SSSR count). The summed E-state index contributed by atoms with van der Waals surface area (Å²) < 4.78 is 16.7. The van der Waals surface area contributed by atoms with Crippen molar-refractivity contribution in [1.82, 2.24) is 0 Å². The Morgan fingerprint density at radius 2 is 1.81 bits per heavy atom. The molecule has 1 unspecified atom stereocenters. The molecule has 188 valence electrons. The number of aryl methyl sites for hydroxylation is 1. The summed E-state index contributed by atoms with van der Waals surface area (Å²) in [5, 5.41) is 2.83. The molecular formula is C28H30N2O6. The van der Waals surface area contributed by atoms with Gasteiger partial charge in [0, 0.05) is 29.7 Å². The van der Waals surface area contributed by atoms with E-state index in [9.17, 15) is 14.4 Å². The van der Waals surface area contributed by atoms with Gasteiger partial charge in [0.2, 0.25) is 5.88 Å².